The Hall–Kier alpha value is -0.960. The fraction of sp³-hybridized carbons (Fsp3) is 0. The van der Waals surface area contributed by atoms with E-state index in [1.54, 1.807) is 0 Å². The van der Waals surface area contributed by atoms with Gasteiger partial charge >= 0.3 is 10.1 Å². The van der Waals surface area contributed by atoms with E-state index in [0.717, 1.165) is 12.1 Å². The molecule has 6 nitrogen and oxygen atoms in total. The molecule has 0 atom stereocenters. The zero-order valence-electron chi connectivity index (χ0n) is 6.61. The van der Waals surface area contributed by atoms with Crippen LogP contribution < -0.4 is 0 Å². The first kappa shape index (κ1) is 11.1. The quantitative estimate of drug-likeness (QED) is 0.731. The van der Waals surface area contributed by atoms with Crippen molar-refractivity contribution in [2.75, 3.05) is 0 Å². The van der Waals surface area contributed by atoms with E-state index in [9.17, 15) is 21.4 Å². The predicted molar refractivity (Wildman–Crippen MR) is 44.1 cm³/mol. The maximum Gasteiger partial charge on any atom is 0.325 e. The summed E-state index contributed by atoms with van der Waals surface area (Å²) in [4.78, 5) is -1.86. The number of hydrogen-bond donors (Lipinski definition) is 1. The summed E-state index contributed by atoms with van der Waals surface area (Å²) in [5, 5.41) is 0. The van der Waals surface area contributed by atoms with Crippen molar-refractivity contribution in [3.8, 4) is 0 Å². The van der Waals surface area contributed by atoms with Crippen LogP contribution in [0.3, 0.4) is 0 Å². The van der Waals surface area contributed by atoms with Gasteiger partial charge in [-0.3, -0.25) is 4.55 Å². The average Bonchev–Trinajstić information content (AvgIpc) is 2.01. The van der Waals surface area contributed by atoms with Crippen LogP contribution in [0.25, 0.3) is 0 Å². The van der Waals surface area contributed by atoms with Crippen molar-refractivity contribution in [3.05, 3.63) is 24.3 Å². The summed E-state index contributed by atoms with van der Waals surface area (Å²) in [5.74, 6) is 0. The second-order valence-electron chi connectivity index (χ2n) is 2.38. The second-order valence-corrected chi connectivity index (χ2v) is 5.11. The molecule has 0 unspecified atom stereocenters. The molecule has 0 spiro atoms. The first-order valence-corrected chi connectivity index (χ1v) is 6.10. The molecule has 77 valence electrons. The van der Waals surface area contributed by atoms with Crippen LogP contribution >= 0.6 is 0 Å². The van der Waals surface area contributed by atoms with Crippen LogP contribution in [-0.2, 0) is 24.8 Å². The lowest BCUT2D eigenvalue weighted by Crippen LogP contribution is -2.06. The van der Waals surface area contributed by atoms with Gasteiger partial charge in [-0.1, -0.05) is 16.7 Å². The highest BCUT2D eigenvalue weighted by Crippen LogP contribution is 2.19. The van der Waals surface area contributed by atoms with E-state index in [0.29, 0.717) is 0 Å². The lowest BCUT2D eigenvalue weighted by atomic mass is 10.4. The van der Waals surface area contributed by atoms with Crippen molar-refractivity contribution in [2.45, 2.75) is 9.79 Å². The topological polar surface area (TPSA) is 108 Å². The van der Waals surface area contributed by atoms with E-state index < -0.39 is 30.0 Å². The molecule has 1 aromatic rings. The monoisotopic (exact) mass is 237 g/mol. The highest BCUT2D eigenvalue weighted by atomic mass is 32.2. The summed E-state index contributed by atoms with van der Waals surface area (Å²) in [6, 6.07) is 4.02. The largest absolute Gasteiger partial charge is 0.325 e. The van der Waals surface area contributed by atoms with Crippen molar-refractivity contribution >= 4 is 20.2 Å². The highest BCUT2D eigenvalue weighted by Gasteiger charge is 2.23. The Bertz CT molecular complexity index is 490. The van der Waals surface area contributed by atoms with E-state index in [1.807, 2.05) is 0 Å². The Morgan fingerprint density at radius 1 is 0.929 bits per heavy atom. The predicted octanol–water partition coefficient (Wildman–Crippen LogP) is 0.0525. The SMILES string of the molecule is [O]S(=O)(=O)c1ccccc1S(=O)(=O)O. The fourth-order valence-corrected chi connectivity index (χ4v) is 2.62. The van der Waals surface area contributed by atoms with E-state index in [4.69, 9.17) is 4.55 Å². The Morgan fingerprint density at radius 3 is 1.64 bits per heavy atom. The molecule has 1 radical (unpaired) electrons. The molecule has 0 amide bonds. The first-order chi connectivity index (χ1) is 6.23. The van der Waals surface area contributed by atoms with E-state index in [2.05, 4.69) is 0 Å². The zero-order valence-corrected chi connectivity index (χ0v) is 8.25. The van der Waals surface area contributed by atoms with Crippen molar-refractivity contribution in [1.29, 1.82) is 0 Å². The molecule has 0 fully saturated rings. The van der Waals surface area contributed by atoms with Gasteiger partial charge in [0.1, 0.15) is 9.79 Å². The molecule has 0 saturated heterocycles. The Morgan fingerprint density at radius 2 is 1.36 bits per heavy atom. The summed E-state index contributed by atoms with van der Waals surface area (Å²) < 4.78 is 61.6. The van der Waals surface area contributed by atoms with Gasteiger partial charge in [-0.2, -0.15) is 16.8 Å². The lowest BCUT2D eigenvalue weighted by molar-refractivity contribution is 0.410. The molecule has 0 aromatic heterocycles. The summed E-state index contributed by atoms with van der Waals surface area (Å²) >= 11 is 0. The van der Waals surface area contributed by atoms with Crippen molar-refractivity contribution in [2.24, 2.45) is 0 Å². The molecule has 1 N–H and O–H groups in total. The summed E-state index contributed by atoms with van der Waals surface area (Å²) in [6.07, 6.45) is 0. The van der Waals surface area contributed by atoms with Crippen LogP contribution in [0.5, 0.6) is 0 Å². The van der Waals surface area contributed by atoms with Gasteiger partial charge in [0.2, 0.25) is 0 Å². The summed E-state index contributed by atoms with van der Waals surface area (Å²) in [5.41, 5.74) is 0. The fourth-order valence-electron chi connectivity index (χ4n) is 0.870. The van der Waals surface area contributed by atoms with E-state index >= 15 is 0 Å². The van der Waals surface area contributed by atoms with Crippen LogP contribution in [0.4, 0.5) is 0 Å². The first-order valence-electron chi connectivity index (χ1n) is 3.25. The number of rotatable bonds is 2. The maximum absolute atomic E-state index is 10.7. The maximum atomic E-state index is 10.7. The van der Waals surface area contributed by atoms with Crippen LogP contribution in [0.1, 0.15) is 0 Å². The molecule has 1 rings (SSSR count). The smallest absolute Gasteiger partial charge is 0.282 e. The average molecular weight is 237 g/mol. The van der Waals surface area contributed by atoms with Crippen molar-refractivity contribution < 1.29 is 25.9 Å². The molecule has 0 aliphatic rings. The molecule has 1 aromatic carbocycles. The molecular formula is C6H5O6S2. The van der Waals surface area contributed by atoms with Gasteiger partial charge in [0, 0.05) is 0 Å². The van der Waals surface area contributed by atoms with E-state index in [-0.39, 0.29) is 0 Å². The van der Waals surface area contributed by atoms with Gasteiger partial charge in [0.25, 0.3) is 10.1 Å². The second kappa shape index (κ2) is 3.31. The Labute approximate surface area is 80.7 Å². The standard InChI is InChI=1S/C6H5O6S2/c7-13(8,9)5-3-1-2-4-6(5)14(10,11)12/h1-4H,(H,7,8,9). The molecular weight excluding hydrogens is 232 g/mol. The Kier molecular flexibility index (Phi) is 2.63. The Balaban J connectivity index is 3.64. The number of hydrogen-bond acceptors (Lipinski definition) is 4. The van der Waals surface area contributed by atoms with Crippen LogP contribution in [-0.4, -0.2) is 21.4 Å². The van der Waals surface area contributed by atoms with Gasteiger partial charge < -0.3 is 0 Å². The minimum atomic E-state index is -4.91. The van der Waals surface area contributed by atoms with Gasteiger partial charge in [-0.25, -0.2) is 0 Å². The van der Waals surface area contributed by atoms with Crippen molar-refractivity contribution in [3.63, 3.8) is 0 Å². The van der Waals surface area contributed by atoms with Gasteiger partial charge in [0.05, 0.1) is 0 Å². The number of benzene rings is 1. The molecule has 14 heavy (non-hydrogen) atoms. The van der Waals surface area contributed by atoms with E-state index in [1.165, 1.54) is 12.1 Å². The van der Waals surface area contributed by atoms with Crippen molar-refractivity contribution in [1.82, 2.24) is 0 Å². The van der Waals surface area contributed by atoms with Gasteiger partial charge in [-0.05, 0) is 12.1 Å². The molecule has 0 saturated carbocycles. The van der Waals surface area contributed by atoms with Crippen LogP contribution in [0.2, 0.25) is 0 Å². The minimum absolute atomic E-state index is 0.811. The van der Waals surface area contributed by atoms with Crippen LogP contribution in [0, 0.1) is 0 Å². The van der Waals surface area contributed by atoms with Crippen LogP contribution in [0.15, 0.2) is 34.1 Å². The molecule has 0 bridgehead atoms. The molecule has 8 heteroatoms. The van der Waals surface area contributed by atoms with Gasteiger partial charge in [0.15, 0.2) is 0 Å². The lowest BCUT2D eigenvalue weighted by Gasteiger charge is -2.01. The third kappa shape index (κ3) is 2.29. The third-order valence-electron chi connectivity index (χ3n) is 1.40. The molecule has 0 aliphatic heterocycles. The third-order valence-corrected chi connectivity index (χ3v) is 3.33. The highest BCUT2D eigenvalue weighted by molar-refractivity contribution is 7.88. The summed E-state index contributed by atoms with van der Waals surface area (Å²) in [6.45, 7) is 0. The zero-order chi connectivity index (χ0) is 11.0. The molecule has 0 heterocycles. The normalized spacial score (nSPS) is 12.7. The van der Waals surface area contributed by atoms with Gasteiger partial charge in [-0.15, -0.1) is 0 Å². The minimum Gasteiger partial charge on any atom is -0.282 e. The molecule has 0 aliphatic carbocycles. The summed E-state index contributed by atoms with van der Waals surface area (Å²) in [7, 11) is -9.60.